The minimum absolute atomic E-state index is 0.0237. The van der Waals surface area contributed by atoms with Gasteiger partial charge in [0.25, 0.3) is 0 Å². The van der Waals surface area contributed by atoms with Crippen molar-refractivity contribution in [1.82, 2.24) is 4.98 Å². The minimum Gasteiger partial charge on any atom is -0.481 e. The van der Waals surface area contributed by atoms with Crippen LogP contribution in [-0.2, 0) is 21.6 Å². The molecular formula is C16H19NO3S. The predicted octanol–water partition coefficient (Wildman–Crippen LogP) is 3.71. The monoisotopic (exact) mass is 305 g/mol. The Hall–Kier alpha value is -1.72. The molecule has 0 atom stereocenters. The van der Waals surface area contributed by atoms with Crippen LogP contribution in [0.15, 0.2) is 30.3 Å². The average molecular weight is 305 g/mol. The molecule has 0 spiro atoms. The van der Waals surface area contributed by atoms with Crippen molar-refractivity contribution in [3.63, 3.8) is 0 Å². The van der Waals surface area contributed by atoms with E-state index < -0.39 is 11.6 Å². The molecule has 2 aromatic rings. The van der Waals surface area contributed by atoms with Gasteiger partial charge in [0.05, 0.1) is 12.1 Å². The third-order valence-electron chi connectivity index (χ3n) is 3.08. The molecule has 0 bridgehead atoms. The van der Waals surface area contributed by atoms with Crippen LogP contribution >= 0.6 is 11.3 Å². The second kappa shape index (κ2) is 6.37. The number of hydrogen-bond acceptors (Lipinski definition) is 4. The van der Waals surface area contributed by atoms with Crippen molar-refractivity contribution in [2.75, 3.05) is 6.61 Å². The highest BCUT2D eigenvalue weighted by atomic mass is 32.1. The Morgan fingerprint density at radius 2 is 2.00 bits per heavy atom. The first kappa shape index (κ1) is 15.7. The molecule has 0 saturated carbocycles. The summed E-state index contributed by atoms with van der Waals surface area (Å²) in [6.45, 7) is 6.43. The van der Waals surface area contributed by atoms with Gasteiger partial charge in [-0.2, -0.15) is 0 Å². The summed E-state index contributed by atoms with van der Waals surface area (Å²) in [4.78, 5) is 16.5. The highest BCUT2D eigenvalue weighted by Gasteiger charge is 2.27. The van der Waals surface area contributed by atoms with E-state index in [1.807, 2.05) is 51.1 Å². The zero-order valence-corrected chi connectivity index (χ0v) is 13.2. The number of carbonyl (C=O) groups is 1. The van der Waals surface area contributed by atoms with Crippen molar-refractivity contribution in [2.45, 2.75) is 32.8 Å². The Bertz CT molecular complexity index is 620. The van der Waals surface area contributed by atoms with Crippen LogP contribution in [-0.4, -0.2) is 22.7 Å². The van der Waals surface area contributed by atoms with Crippen LogP contribution in [0.5, 0.6) is 0 Å². The maximum atomic E-state index is 11.1. The fourth-order valence-electron chi connectivity index (χ4n) is 2.11. The van der Waals surface area contributed by atoms with Gasteiger partial charge >= 0.3 is 5.97 Å². The minimum atomic E-state index is -0.850. The molecule has 0 amide bonds. The Morgan fingerprint density at radius 1 is 1.33 bits per heavy atom. The summed E-state index contributed by atoms with van der Waals surface area (Å²) in [6.07, 6.45) is -0.0237. The maximum Gasteiger partial charge on any atom is 0.308 e. The van der Waals surface area contributed by atoms with Gasteiger partial charge in [0, 0.05) is 17.0 Å². The molecule has 1 aromatic heterocycles. The first-order chi connectivity index (χ1) is 9.94. The molecule has 1 heterocycles. The Kier molecular flexibility index (Phi) is 4.75. The topological polar surface area (TPSA) is 59.4 Å². The molecule has 0 aliphatic heterocycles. The van der Waals surface area contributed by atoms with E-state index in [0.29, 0.717) is 6.61 Å². The Morgan fingerprint density at radius 3 is 2.57 bits per heavy atom. The molecule has 1 N–H and O–H groups in total. The van der Waals surface area contributed by atoms with E-state index >= 15 is 0 Å². The van der Waals surface area contributed by atoms with Gasteiger partial charge < -0.3 is 9.84 Å². The lowest BCUT2D eigenvalue weighted by atomic mass is 10.1. The molecule has 0 fully saturated rings. The average Bonchev–Trinajstić information content (AvgIpc) is 2.83. The molecule has 5 heteroatoms. The fourth-order valence-corrected chi connectivity index (χ4v) is 3.24. The van der Waals surface area contributed by atoms with Crippen molar-refractivity contribution < 1.29 is 14.6 Å². The molecule has 112 valence electrons. The largest absolute Gasteiger partial charge is 0.481 e. The zero-order chi connectivity index (χ0) is 15.5. The van der Waals surface area contributed by atoms with Gasteiger partial charge in [-0.15, -0.1) is 11.3 Å². The third kappa shape index (κ3) is 3.68. The molecule has 0 radical (unpaired) electrons. The van der Waals surface area contributed by atoms with Crippen molar-refractivity contribution >= 4 is 17.3 Å². The van der Waals surface area contributed by atoms with Crippen LogP contribution in [0, 0.1) is 0 Å². The summed E-state index contributed by atoms with van der Waals surface area (Å²) in [5.74, 6) is -0.850. The number of benzene rings is 1. The smallest absolute Gasteiger partial charge is 0.308 e. The molecule has 0 unspecified atom stereocenters. The molecule has 1 aromatic carbocycles. The summed E-state index contributed by atoms with van der Waals surface area (Å²) < 4.78 is 5.73. The van der Waals surface area contributed by atoms with E-state index in [1.54, 1.807) is 0 Å². The second-order valence-corrected chi connectivity index (χ2v) is 6.25. The van der Waals surface area contributed by atoms with Crippen LogP contribution in [0.2, 0.25) is 0 Å². The highest BCUT2D eigenvalue weighted by Crippen LogP contribution is 2.35. The van der Waals surface area contributed by atoms with Crippen molar-refractivity contribution in [3.8, 4) is 11.3 Å². The second-order valence-electron chi connectivity index (χ2n) is 5.17. The quantitative estimate of drug-likeness (QED) is 0.884. The van der Waals surface area contributed by atoms with E-state index in [2.05, 4.69) is 4.98 Å². The standard InChI is InChI=1S/C16H19NO3S/c1-4-20-16(2,3)15-17-14(11-8-6-5-7-9-11)12(21-15)10-13(18)19/h5-9H,4,10H2,1-3H3,(H,18,19). The van der Waals surface area contributed by atoms with Crippen molar-refractivity contribution in [1.29, 1.82) is 0 Å². The lowest BCUT2D eigenvalue weighted by Crippen LogP contribution is -2.21. The fraction of sp³-hybridized carbons (Fsp3) is 0.375. The first-order valence-electron chi connectivity index (χ1n) is 6.85. The molecule has 0 aliphatic rings. The van der Waals surface area contributed by atoms with Gasteiger partial charge in [-0.05, 0) is 20.8 Å². The van der Waals surface area contributed by atoms with Crippen LogP contribution in [0.25, 0.3) is 11.3 Å². The van der Waals surface area contributed by atoms with Crippen LogP contribution in [0.1, 0.15) is 30.7 Å². The number of thiazole rings is 1. The third-order valence-corrected chi connectivity index (χ3v) is 4.44. The van der Waals surface area contributed by atoms with Gasteiger partial charge in [0.1, 0.15) is 10.6 Å². The van der Waals surface area contributed by atoms with Crippen LogP contribution in [0.4, 0.5) is 0 Å². The maximum absolute atomic E-state index is 11.1. The molecule has 0 aliphatic carbocycles. The number of ether oxygens (including phenoxy) is 1. The van der Waals surface area contributed by atoms with E-state index in [1.165, 1.54) is 11.3 Å². The van der Waals surface area contributed by atoms with Crippen LogP contribution in [0.3, 0.4) is 0 Å². The SMILES string of the molecule is CCOC(C)(C)c1nc(-c2ccccc2)c(CC(=O)O)s1. The summed E-state index contributed by atoms with van der Waals surface area (Å²) in [6, 6.07) is 9.66. The number of hydrogen-bond donors (Lipinski definition) is 1. The van der Waals surface area contributed by atoms with Gasteiger partial charge in [-0.3, -0.25) is 4.79 Å². The summed E-state index contributed by atoms with van der Waals surface area (Å²) in [7, 11) is 0. The van der Waals surface area contributed by atoms with E-state index in [0.717, 1.165) is 21.1 Å². The summed E-state index contributed by atoms with van der Waals surface area (Å²) >= 11 is 1.41. The molecule has 4 nitrogen and oxygen atoms in total. The van der Waals surface area contributed by atoms with Gasteiger partial charge in [-0.1, -0.05) is 30.3 Å². The number of carboxylic acid groups (broad SMARTS) is 1. The number of aliphatic carboxylic acids is 1. The Balaban J connectivity index is 2.48. The lowest BCUT2D eigenvalue weighted by molar-refractivity contribution is -0.136. The van der Waals surface area contributed by atoms with Gasteiger partial charge in [0.15, 0.2) is 0 Å². The number of aromatic nitrogens is 1. The van der Waals surface area contributed by atoms with E-state index in [-0.39, 0.29) is 6.42 Å². The van der Waals surface area contributed by atoms with Crippen molar-refractivity contribution in [3.05, 3.63) is 40.2 Å². The lowest BCUT2D eigenvalue weighted by Gasteiger charge is -2.21. The zero-order valence-electron chi connectivity index (χ0n) is 12.4. The van der Waals surface area contributed by atoms with E-state index in [9.17, 15) is 4.79 Å². The van der Waals surface area contributed by atoms with Gasteiger partial charge in [-0.25, -0.2) is 4.98 Å². The summed E-state index contributed by atoms with van der Waals surface area (Å²) in [5, 5.41) is 9.91. The number of rotatable bonds is 6. The van der Waals surface area contributed by atoms with Crippen LogP contribution < -0.4 is 0 Å². The van der Waals surface area contributed by atoms with E-state index in [4.69, 9.17) is 9.84 Å². The van der Waals surface area contributed by atoms with Gasteiger partial charge in [0.2, 0.25) is 0 Å². The number of carboxylic acids is 1. The first-order valence-corrected chi connectivity index (χ1v) is 7.67. The highest BCUT2D eigenvalue weighted by molar-refractivity contribution is 7.12. The Labute approximate surface area is 128 Å². The normalized spacial score (nSPS) is 11.6. The molecule has 21 heavy (non-hydrogen) atoms. The molecular weight excluding hydrogens is 286 g/mol. The number of nitrogens with zero attached hydrogens (tertiary/aromatic N) is 1. The van der Waals surface area contributed by atoms with Crippen molar-refractivity contribution in [2.24, 2.45) is 0 Å². The molecule has 0 saturated heterocycles. The predicted molar refractivity (Wildman–Crippen MR) is 83.5 cm³/mol. The summed E-state index contributed by atoms with van der Waals surface area (Å²) in [5.41, 5.74) is 1.16. The molecule has 2 rings (SSSR count).